The number of aliphatic imine (C=N–C) groups is 1. The van der Waals surface area contributed by atoms with Crippen molar-refractivity contribution in [2.45, 2.75) is 19.1 Å². The number of ether oxygens (including phenoxy) is 1. The van der Waals surface area contributed by atoms with E-state index < -0.39 is 11.7 Å². The van der Waals surface area contributed by atoms with Crippen LogP contribution in [0.5, 0.6) is 5.75 Å². The smallest absolute Gasteiger partial charge is 0.419 e. The number of hydrogen-bond acceptors (Lipinski definition) is 5. The number of benzene rings is 1. The van der Waals surface area contributed by atoms with E-state index in [9.17, 15) is 13.2 Å². The van der Waals surface area contributed by atoms with Gasteiger partial charge in [-0.05, 0) is 43.4 Å². The normalized spacial score (nSPS) is 22.0. The van der Waals surface area contributed by atoms with E-state index in [0.717, 1.165) is 37.2 Å². The minimum atomic E-state index is -4.49. The standard InChI is InChI=1S/C21H23F3N4O/c1-14-12-27(10-8-25-14)16-4-6-20-26-18(7-9-28(20)13-16)15-3-5-19(29-2)17(11-15)21(22,23)24/h3-7,11,13-14,25H,8-10,12H2,1-2H3/t14-/m0/s1. The van der Waals surface area contributed by atoms with E-state index >= 15 is 0 Å². The molecule has 8 heteroatoms. The SMILES string of the molecule is COc1ccc(C2=CCN3C=C(N4CCN[C@@H](C)C4)C=CC3=N2)cc1C(F)(F)F. The Balaban J connectivity index is 1.56. The van der Waals surface area contributed by atoms with Crippen LogP contribution < -0.4 is 10.1 Å². The Labute approximate surface area is 167 Å². The van der Waals surface area contributed by atoms with Gasteiger partial charge >= 0.3 is 6.18 Å². The van der Waals surface area contributed by atoms with Crippen molar-refractivity contribution in [1.29, 1.82) is 0 Å². The molecule has 154 valence electrons. The molecule has 0 aliphatic carbocycles. The number of halogens is 3. The Morgan fingerprint density at radius 3 is 2.79 bits per heavy atom. The number of alkyl halides is 3. The zero-order valence-corrected chi connectivity index (χ0v) is 16.3. The molecule has 1 aromatic rings. The summed E-state index contributed by atoms with van der Waals surface area (Å²) < 4.78 is 44.8. The third kappa shape index (κ3) is 4.03. The third-order valence-electron chi connectivity index (χ3n) is 5.24. The summed E-state index contributed by atoms with van der Waals surface area (Å²) >= 11 is 0. The van der Waals surface area contributed by atoms with Crippen LogP contribution in [0.3, 0.4) is 0 Å². The van der Waals surface area contributed by atoms with E-state index in [-0.39, 0.29) is 5.75 Å². The zero-order chi connectivity index (χ0) is 20.6. The Hall–Kier alpha value is -2.74. The van der Waals surface area contributed by atoms with Crippen LogP contribution in [0.4, 0.5) is 13.2 Å². The van der Waals surface area contributed by atoms with Crippen molar-refractivity contribution in [2.75, 3.05) is 33.3 Å². The van der Waals surface area contributed by atoms with E-state index in [1.54, 1.807) is 6.07 Å². The number of piperazine rings is 1. The highest BCUT2D eigenvalue weighted by Gasteiger charge is 2.35. The van der Waals surface area contributed by atoms with Gasteiger partial charge in [-0.3, -0.25) is 0 Å². The van der Waals surface area contributed by atoms with E-state index in [0.29, 0.717) is 23.8 Å². The van der Waals surface area contributed by atoms with Crippen LogP contribution >= 0.6 is 0 Å². The predicted molar refractivity (Wildman–Crippen MR) is 106 cm³/mol. The lowest BCUT2D eigenvalue weighted by Crippen LogP contribution is -2.49. The van der Waals surface area contributed by atoms with Crippen molar-refractivity contribution < 1.29 is 17.9 Å². The number of allylic oxidation sites excluding steroid dienone is 1. The second kappa shape index (κ2) is 7.59. The van der Waals surface area contributed by atoms with Gasteiger partial charge in [-0.1, -0.05) is 0 Å². The number of rotatable bonds is 3. The first kappa shape index (κ1) is 19.6. The van der Waals surface area contributed by atoms with Gasteiger partial charge in [-0.2, -0.15) is 13.2 Å². The van der Waals surface area contributed by atoms with Crippen molar-refractivity contribution in [2.24, 2.45) is 4.99 Å². The molecule has 1 fully saturated rings. The molecule has 3 aliphatic rings. The fraction of sp³-hybridized carbons (Fsp3) is 0.381. The maximum absolute atomic E-state index is 13.3. The first-order chi connectivity index (χ1) is 13.8. The summed E-state index contributed by atoms with van der Waals surface area (Å²) in [5.74, 6) is 0.529. The molecule has 0 unspecified atom stereocenters. The predicted octanol–water partition coefficient (Wildman–Crippen LogP) is 3.47. The molecule has 1 atom stereocenters. The Bertz CT molecular complexity index is 917. The van der Waals surface area contributed by atoms with Crippen LogP contribution in [0.2, 0.25) is 0 Å². The van der Waals surface area contributed by atoms with Gasteiger partial charge in [0.1, 0.15) is 11.6 Å². The molecular formula is C21H23F3N4O. The molecule has 0 aromatic heterocycles. The second-order valence-electron chi connectivity index (χ2n) is 7.31. The lowest BCUT2D eigenvalue weighted by molar-refractivity contribution is -0.138. The van der Waals surface area contributed by atoms with Crippen molar-refractivity contribution in [3.05, 3.63) is 59.5 Å². The van der Waals surface area contributed by atoms with Gasteiger partial charge in [0.05, 0.1) is 24.1 Å². The number of nitrogens with zero attached hydrogens (tertiary/aromatic N) is 3. The van der Waals surface area contributed by atoms with Gasteiger partial charge in [-0.15, -0.1) is 0 Å². The number of nitrogens with one attached hydrogen (secondary N) is 1. The monoisotopic (exact) mass is 404 g/mol. The lowest BCUT2D eigenvalue weighted by Gasteiger charge is -2.37. The van der Waals surface area contributed by atoms with Crippen molar-refractivity contribution in [3.8, 4) is 5.75 Å². The van der Waals surface area contributed by atoms with E-state index in [4.69, 9.17) is 4.74 Å². The molecule has 0 radical (unpaired) electrons. The summed E-state index contributed by atoms with van der Waals surface area (Å²) in [6.45, 7) is 5.52. The minimum absolute atomic E-state index is 0.192. The maximum Gasteiger partial charge on any atom is 0.419 e. The zero-order valence-electron chi connectivity index (χ0n) is 16.3. The van der Waals surface area contributed by atoms with Crippen molar-refractivity contribution in [3.63, 3.8) is 0 Å². The highest BCUT2D eigenvalue weighted by atomic mass is 19.4. The second-order valence-corrected chi connectivity index (χ2v) is 7.31. The molecule has 0 saturated carbocycles. The van der Waals surface area contributed by atoms with Crippen LogP contribution in [0.25, 0.3) is 5.70 Å². The number of methoxy groups -OCH3 is 1. The van der Waals surface area contributed by atoms with E-state index in [2.05, 4.69) is 28.3 Å². The fourth-order valence-electron chi connectivity index (χ4n) is 3.75. The Morgan fingerprint density at radius 1 is 1.24 bits per heavy atom. The van der Waals surface area contributed by atoms with E-state index in [1.807, 2.05) is 23.1 Å². The molecule has 0 spiro atoms. The van der Waals surface area contributed by atoms with Crippen LogP contribution in [0.15, 0.2) is 53.3 Å². The molecule has 0 amide bonds. The Morgan fingerprint density at radius 2 is 2.07 bits per heavy atom. The first-order valence-corrected chi connectivity index (χ1v) is 9.54. The number of fused-ring (bicyclic) bond motifs is 1. The summed E-state index contributed by atoms with van der Waals surface area (Å²) in [5.41, 5.74) is 1.28. The highest BCUT2D eigenvalue weighted by Crippen LogP contribution is 2.38. The van der Waals surface area contributed by atoms with Crippen LogP contribution in [-0.4, -0.2) is 55.0 Å². The summed E-state index contributed by atoms with van der Waals surface area (Å²) in [4.78, 5) is 8.92. The number of hydrogen-bond donors (Lipinski definition) is 1. The molecule has 29 heavy (non-hydrogen) atoms. The van der Waals surface area contributed by atoms with Crippen LogP contribution in [0.1, 0.15) is 18.1 Å². The molecule has 3 aliphatic heterocycles. The Kier molecular flexibility index (Phi) is 5.12. The third-order valence-corrected chi connectivity index (χ3v) is 5.24. The molecule has 3 heterocycles. The van der Waals surface area contributed by atoms with Gasteiger partial charge in [0, 0.05) is 44.0 Å². The minimum Gasteiger partial charge on any atom is -0.496 e. The summed E-state index contributed by atoms with van der Waals surface area (Å²) in [6.07, 6.45) is 3.35. The van der Waals surface area contributed by atoms with Crippen LogP contribution in [-0.2, 0) is 6.18 Å². The largest absolute Gasteiger partial charge is 0.496 e. The quantitative estimate of drug-likeness (QED) is 0.838. The van der Waals surface area contributed by atoms with Crippen molar-refractivity contribution in [1.82, 2.24) is 15.1 Å². The van der Waals surface area contributed by atoms with Gasteiger partial charge in [0.25, 0.3) is 0 Å². The van der Waals surface area contributed by atoms with E-state index in [1.165, 1.54) is 13.2 Å². The summed E-state index contributed by atoms with van der Waals surface area (Å²) in [6, 6.07) is 4.47. The fourth-order valence-corrected chi connectivity index (χ4v) is 3.75. The summed E-state index contributed by atoms with van der Waals surface area (Å²) in [5, 5.41) is 3.43. The molecule has 1 N–H and O–H groups in total. The number of amidine groups is 1. The highest BCUT2D eigenvalue weighted by molar-refractivity contribution is 6.00. The van der Waals surface area contributed by atoms with Gasteiger partial charge in [0.15, 0.2) is 0 Å². The van der Waals surface area contributed by atoms with Crippen molar-refractivity contribution >= 4 is 11.5 Å². The topological polar surface area (TPSA) is 40.1 Å². The molecule has 4 rings (SSSR count). The van der Waals surface area contributed by atoms with Crippen LogP contribution in [0, 0.1) is 0 Å². The molecule has 5 nitrogen and oxygen atoms in total. The molecule has 1 aromatic carbocycles. The molecule has 1 saturated heterocycles. The lowest BCUT2D eigenvalue weighted by atomic mass is 10.0. The van der Waals surface area contributed by atoms with Gasteiger partial charge < -0.3 is 19.9 Å². The average Bonchev–Trinajstić information content (AvgIpc) is 2.72. The summed E-state index contributed by atoms with van der Waals surface area (Å²) in [7, 11) is 1.23. The van der Waals surface area contributed by atoms with Gasteiger partial charge in [-0.25, -0.2) is 4.99 Å². The first-order valence-electron chi connectivity index (χ1n) is 9.54. The maximum atomic E-state index is 13.3. The molecule has 0 bridgehead atoms. The molecular weight excluding hydrogens is 381 g/mol. The van der Waals surface area contributed by atoms with Gasteiger partial charge in [0.2, 0.25) is 0 Å². The average molecular weight is 404 g/mol.